The van der Waals surface area contributed by atoms with Crippen LogP contribution in [-0.2, 0) is 9.53 Å². The molecule has 0 saturated carbocycles. The van der Waals surface area contributed by atoms with E-state index in [0.717, 1.165) is 0 Å². The number of para-hydroxylation sites is 1. The topological polar surface area (TPSA) is 89.8 Å². The molecule has 0 radical (unpaired) electrons. The van der Waals surface area contributed by atoms with E-state index in [1.807, 2.05) is 6.07 Å². The minimum atomic E-state index is -1.03. The van der Waals surface area contributed by atoms with Gasteiger partial charge in [-0.3, -0.25) is 14.9 Å². The molecule has 1 atom stereocenters. The molecule has 0 aliphatic heterocycles. The molecule has 0 heterocycles. The van der Waals surface area contributed by atoms with Gasteiger partial charge in [-0.25, -0.2) is 4.79 Å². The summed E-state index contributed by atoms with van der Waals surface area (Å²) in [4.78, 5) is 36.5. The van der Waals surface area contributed by atoms with Crippen LogP contribution in [0.25, 0.3) is 0 Å². The van der Waals surface area contributed by atoms with Gasteiger partial charge < -0.3 is 9.64 Å². The molecule has 2 rings (SSSR count). The minimum absolute atomic E-state index is 0.0659. The van der Waals surface area contributed by atoms with E-state index in [0.29, 0.717) is 5.69 Å². The van der Waals surface area contributed by atoms with Crippen molar-refractivity contribution in [3.05, 3.63) is 69.8 Å². The lowest BCUT2D eigenvalue weighted by molar-refractivity contribution is -0.385. The summed E-state index contributed by atoms with van der Waals surface area (Å²) in [5.41, 5.74) is 0.765. The number of esters is 1. The smallest absolute Gasteiger partial charge is 0.339 e. The van der Waals surface area contributed by atoms with Crippen LogP contribution in [0.15, 0.2) is 48.5 Å². The van der Waals surface area contributed by atoms with Gasteiger partial charge in [-0.2, -0.15) is 0 Å². The van der Waals surface area contributed by atoms with E-state index in [4.69, 9.17) is 4.74 Å². The Kier molecular flexibility index (Phi) is 5.49. The maximum atomic E-state index is 12.4. The Morgan fingerprint density at radius 3 is 2.36 bits per heavy atom. The third-order valence-electron chi connectivity index (χ3n) is 3.83. The molecule has 2 aromatic rings. The predicted octanol–water partition coefficient (Wildman–Crippen LogP) is 3.11. The van der Waals surface area contributed by atoms with E-state index >= 15 is 0 Å². The second-order valence-electron chi connectivity index (χ2n) is 5.49. The highest BCUT2D eigenvalue weighted by Gasteiger charge is 2.25. The van der Waals surface area contributed by atoms with Crippen molar-refractivity contribution >= 4 is 23.3 Å². The van der Waals surface area contributed by atoms with E-state index in [2.05, 4.69) is 0 Å². The number of rotatable bonds is 5. The summed E-state index contributed by atoms with van der Waals surface area (Å²) in [5.74, 6) is -1.17. The Hall–Kier alpha value is -3.22. The van der Waals surface area contributed by atoms with Crippen molar-refractivity contribution in [1.29, 1.82) is 0 Å². The zero-order valence-corrected chi connectivity index (χ0v) is 14.1. The molecule has 0 saturated heterocycles. The van der Waals surface area contributed by atoms with Crippen molar-refractivity contribution in [3.8, 4) is 0 Å². The van der Waals surface area contributed by atoms with E-state index in [1.54, 1.807) is 31.3 Å². The standard InChI is InChI=1S/C18H18N2O5/c1-12-15(10-7-11-16(12)20(23)24)18(22)25-13(2)17(21)19(3)14-8-5-4-6-9-14/h4-11,13H,1-3H3/t13-/m1/s1. The average molecular weight is 342 g/mol. The number of amides is 1. The maximum Gasteiger partial charge on any atom is 0.339 e. The Morgan fingerprint density at radius 1 is 1.12 bits per heavy atom. The highest BCUT2D eigenvalue weighted by atomic mass is 16.6. The Bertz CT molecular complexity index is 804. The van der Waals surface area contributed by atoms with E-state index in [-0.39, 0.29) is 16.8 Å². The van der Waals surface area contributed by atoms with E-state index in [9.17, 15) is 19.7 Å². The van der Waals surface area contributed by atoms with Crippen LogP contribution < -0.4 is 4.90 Å². The molecule has 1 amide bonds. The molecular formula is C18H18N2O5. The number of nitro benzene ring substituents is 1. The zero-order chi connectivity index (χ0) is 18.6. The second kappa shape index (κ2) is 7.57. The summed E-state index contributed by atoms with van der Waals surface area (Å²) in [5, 5.41) is 11.0. The van der Waals surface area contributed by atoms with Crippen molar-refractivity contribution in [2.75, 3.05) is 11.9 Å². The number of hydrogen-bond donors (Lipinski definition) is 0. The molecule has 0 unspecified atom stereocenters. The Labute approximate surface area is 145 Å². The third kappa shape index (κ3) is 4.00. The van der Waals surface area contributed by atoms with Gasteiger partial charge in [-0.1, -0.05) is 24.3 Å². The normalized spacial score (nSPS) is 11.5. The van der Waals surface area contributed by atoms with E-state index in [1.165, 1.54) is 36.9 Å². The monoisotopic (exact) mass is 342 g/mol. The fourth-order valence-electron chi connectivity index (χ4n) is 2.37. The lowest BCUT2D eigenvalue weighted by Crippen LogP contribution is -2.37. The number of hydrogen-bond acceptors (Lipinski definition) is 5. The molecule has 0 aliphatic carbocycles. The first kappa shape index (κ1) is 18.1. The first-order valence-electron chi connectivity index (χ1n) is 7.60. The number of benzene rings is 2. The maximum absolute atomic E-state index is 12.4. The Morgan fingerprint density at radius 2 is 1.76 bits per heavy atom. The number of ether oxygens (including phenoxy) is 1. The van der Waals surface area contributed by atoms with Crippen molar-refractivity contribution in [2.45, 2.75) is 20.0 Å². The highest BCUT2D eigenvalue weighted by Crippen LogP contribution is 2.22. The molecule has 25 heavy (non-hydrogen) atoms. The van der Waals surface area contributed by atoms with E-state index < -0.39 is 22.9 Å². The fourth-order valence-corrected chi connectivity index (χ4v) is 2.37. The van der Waals surface area contributed by atoms with Gasteiger partial charge in [0.05, 0.1) is 10.5 Å². The Balaban J connectivity index is 2.14. The van der Waals surface area contributed by atoms with Gasteiger partial charge in [0.2, 0.25) is 0 Å². The van der Waals surface area contributed by atoms with Crippen LogP contribution in [0.2, 0.25) is 0 Å². The van der Waals surface area contributed by atoms with Gasteiger partial charge in [0.15, 0.2) is 6.10 Å². The summed E-state index contributed by atoms with van der Waals surface area (Å²) >= 11 is 0. The van der Waals surface area contributed by atoms with Gasteiger partial charge in [-0.05, 0) is 32.0 Å². The van der Waals surface area contributed by atoms with Gasteiger partial charge >= 0.3 is 5.97 Å². The number of anilines is 1. The summed E-state index contributed by atoms with van der Waals surface area (Å²) < 4.78 is 5.20. The minimum Gasteiger partial charge on any atom is -0.449 e. The predicted molar refractivity (Wildman–Crippen MR) is 92.6 cm³/mol. The van der Waals surface area contributed by atoms with Gasteiger partial charge in [-0.15, -0.1) is 0 Å². The molecule has 7 nitrogen and oxygen atoms in total. The number of likely N-dealkylation sites (N-methyl/N-ethyl adjacent to an activating group) is 1. The van der Waals surface area contributed by atoms with Crippen LogP contribution in [0.5, 0.6) is 0 Å². The van der Waals surface area contributed by atoms with Gasteiger partial charge in [0, 0.05) is 24.4 Å². The molecule has 7 heteroatoms. The van der Waals surface area contributed by atoms with Crippen molar-refractivity contribution in [1.82, 2.24) is 0 Å². The van der Waals surface area contributed by atoms with Crippen molar-refractivity contribution in [3.63, 3.8) is 0 Å². The first-order chi connectivity index (χ1) is 11.8. The summed E-state index contributed by atoms with van der Waals surface area (Å²) in [6.45, 7) is 2.93. The summed E-state index contributed by atoms with van der Waals surface area (Å²) in [6, 6.07) is 13.1. The SMILES string of the molecule is Cc1c(C(=O)O[C@H](C)C(=O)N(C)c2ccccc2)cccc1[N+](=O)[O-]. The molecule has 0 aliphatic rings. The largest absolute Gasteiger partial charge is 0.449 e. The third-order valence-corrected chi connectivity index (χ3v) is 3.83. The molecule has 0 bridgehead atoms. The number of carbonyl (C=O) groups is 2. The van der Waals surface area contributed by atoms with Crippen LogP contribution in [0.3, 0.4) is 0 Å². The van der Waals surface area contributed by atoms with Crippen LogP contribution in [0.4, 0.5) is 11.4 Å². The molecule has 130 valence electrons. The molecule has 0 N–H and O–H groups in total. The highest BCUT2D eigenvalue weighted by molar-refractivity contribution is 5.99. The fraction of sp³-hybridized carbons (Fsp3) is 0.222. The second-order valence-corrected chi connectivity index (χ2v) is 5.49. The van der Waals surface area contributed by atoms with Crippen LogP contribution in [-0.4, -0.2) is 30.0 Å². The average Bonchev–Trinajstić information content (AvgIpc) is 2.60. The summed E-state index contributed by atoms with van der Waals surface area (Å²) in [6.07, 6.45) is -1.03. The number of carbonyl (C=O) groups excluding carboxylic acids is 2. The first-order valence-corrected chi connectivity index (χ1v) is 7.60. The van der Waals surface area contributed by atoms with Crippen LogP contribution >= 0.6 is 0 Å². The van der Waals surface area contributed by atoms with Crippen molar-refractivity contribution < 1.29 is 19.2 Å². The molecular weight excluding hydrogens is 324 g/mol. The molecule has 0 aromatic heterocycles. The molecule has 0 fully saturated rings. The summed E-state index contributed by atoms with van der Waals surface area (Å²) in [7, 11) is 1.58. The lowest BCUT2D eigenvalue weighted by atomic mass is 10.1. The van der Waals surface area contributed by atoms with Gasteiger partial charge in [0.1, 0.15) is 0 Å². The number of nitrogens with zero attached hydrogens (tertiary/aromatic N) is 2. The van der Waals surface area contributed by atoms with Crippen LogP contribution in [0, 0.1) is 17.0 Å². The number of nitro groups is 1. The van der Waals surface area contributed by atoms with Crippen molar-refractivity contribution in [2.24, 2.45) is 0 Å². The van der Waals surface area contributed by atoms with Crippen LogP contribution in [0.1, 0.15) is 22.8 Å². The zero-order valence-electron chi connectivity index (χ0n) is 14.1. The molecule has 2 aromatic carbocycles. The lowest BCUT2D eigenvalue weighted by Gasteiger charge is -2.21. The quantitative estimate of drug-likeness (QED) is 0.473. The van der Waals surface area contributed by atoms with Gasteiger partial charge in [0.25, 0.3) is 11.6 Å². The molecule has 0 spiro atoms.